The Kier molecular flexibility index (Phi) is 4.89. The van der Waals surface area contributed by atoms with Crippen LogP contribution in [0.3, 0.4) is 0 Å². The number of aliphatic carboxylic acids is 1. The Morgan fingerprint density at radius 1 is 1.38 bits per heavy atom. The second-order valence-electron chi connectivity index (χ2n) is 6.87. The van der Waals surface area contributed by atoms with Crippen LogP contribution in [0, 0.1) is 0 Å². The molecule has 2 fully saturated rings. The number of nitrogens with zero attached hydrogens (tertiary/aromatic N) is 2. The minimum atomic E-state index is -1.28. The van der Waals surface area contributed by atoms with E-state index in [9.17, 15) is 14.7 Å². The van der Waals surface area contributed by atoms with Gasteiger partial charge in [0.1, 0.15) is 5.69 Å². The average molecular weight is 335 g/mol. The molecule has 2 N–H and O–H groups in total. The van der Waals surface area contributed by atoms with E-state index in [1.807, 2.05) is 0 Å². The van der Waals surface area contributed by atoms with Gasteiger partial charge in [0.2, 0.25) is 0 Å². The van der Waals surface area contributed by atoms with Crippen molar-refractivity contribution in [1.29, 1.82) is 0 Å². The normalized spacial score (nSPS) is 25.1. The first-order valence-electron chi connectivity index (χ1n) is 8.68. The van der Waals surface area contributed by atoms with Crippen LogP contribution in [0.25, 0.3) is 0 Å². The van der Waals surface area contributed by atoms with Gasteiger partial charge < -0.3 is 14.7 Å². The molecular formula is C17H25N3O4. The van der Waals surface area contributed by atoms with Gasteiger partial charge in [0.25, 0.3) is 5.91 Å². The number of ether oxygens (including phenoxy) is 1. The molecule has 0 radical (unpaired) electrons. The van der Waals surface area contributed by atoms with Crippen LogP contribution in [-0.2, 0) is 9.53 Å². The van der Waals surface area contributed by atoms with Crippen molar-refractivity contribution in [2.24, 2.45) is 0 Å². The molecule has 132 valence electrons. The van der Waals surface area contributed by atoms with E-state index < -0.39 is 11.5 Å². The third-order valence-electron chi connectivity index (χ3n) is 5.38. The van der Waals surface area contributed by atoms with Gasteiger partial charge in [-0.15, -0.1) is 0 Å². The van der Waals surface area contributed by atoms with Gasteiger partial charge in [-0.2, -0.15) is 5.10 Å². The highest BCUT2D eigenvalue weighted by Crippen LogP contribution is 2.34. The lowest BCUT2D eigenvalue weighted by atomic mass is 9.87. The SMILES string of the molecule is COCC1(C(=O)O)CCCN1C(=O)c1cc(C2CCCCC2)[nH]n1. The quantitative estimate of drug-likeness (QED) is 0.860. The van der Waals surface area contributed by atoms with Crippen molar-refractivity contribution in [1.82, 2.24) is 15.1 Å². The molecule has 1 unspecified atom stereocenters. The summed E-state index contributed by atoms with van der Waals surface area (Å²) in [4.78, 5) is 26.1. The van der Waals surface area contributed by atoms with E-state index in [0.29, 0.717) is 31.0 Å². The maximum atomic E-state index is 12.9. The van der Waals surface area contributed by atoms with E-state index in [4.69, 9.17) is 4.74 Å². The molecule has 7 nitrogen and oxygen atoms in total. The maximum Gasteiger partial charge on any atom is 0.332 e. The van der Waals surface area contributed by atoms with Crippen LogP contribution in [0.2, 0.25) is 0 Å². The Balaban J connectivity index is 1.80. The van der Waals surface area contributed by atoms with Crippen LogP contribution >= 0.6 is 0 Å². The number of likely N-dealkylation sites (tertiary alicyclic amines) is 1. The zero-order valence-electron chi connectivity index (χ0n) is 14.1. The number of H-pyrrole nitrogens is 1. The number of rotatable bonds is 5. The summed E-state index contributed by atoms with van der Waals surface area (Å²) in [5.41, 5.74) is 0.0135. The molecule has 0 bridgehead atoms. The van der Waals surface area contributed by atoms with E-state index in [2.05, 4.69) is 10.2 Å². The van der Waals surface area contributed by atoms with E-state index in [0.717, 1.165) is 18.5 Å². The summed E-state index contributed by atoms with van der Waals surface area (Å²) in [6.45, 7) is 0.411. The zero-order chi connectivity index (χ0) is 17.2. The number of carboxylic acid groups (broad SMARTS) is 1. The molecule has 1 saturated carbocycles. The highest BCUT2D eigenvalue weighted by molar-refractivity contribution is 5.97. The summed E-state index contributed by atoms with van der Waals surface area (Å²) < 4.78 is 5.10. The predicted molar refractivity (Wildman–Crippen MR) is 86.9 cm³/mol. The van der Waals surface area contributed by atoms with Gasteiger partial charge in [0.15, 0.2) is 5.54 Å². The van der Waals surface area contributed by atoms with Crippen LogP contribution < -0.4 is 0 Å². The standard InChI is InChI=1S/C17H25N3O4/c1-24-11-17(16(22)23)8-5-9-20(17)15(21)14-10-13(18-19-14)12-6-3-2-4-7-12/h10,12H,2-9,11H2,1H3,(H,18,19)(H,22,23). The molecule has 3 rings (SSSR count). The monoisotopic (exact) mass is 335 g/mol. The molecule has 1 amide bonds. The lowest BCUT2D eigenvalue weighted by Gasteiger charge is -2.33. The number of carbonyl (C=O) groups is 2. The second kappa shape index (κ2) is 6.93. The number of carboxylic acids is 1. The average Bonchev–Trinajstić information content (AvgIpc) is 3.23. The Morgan fingerprint density at radius 2 is 2.12 bits per heavy atom. The third-order valence-corrected chi connectivity index (χ3v) is 5.38. The van der Waals surface area contributed by atoms with Gasteiger partial charge in [-0.3, -0.25) is 9.89 Å². The van der Waals surface area contributed by atoms with Crippen molar-refractivity contribution < 1.29 is 19.4 Å². The molecule has 2 aliphatic rings. The molecule has 1 aromatic rings. The Bertz CT molecular complexity index is 609. The number of carbonyl (C=O) groups excluding carboxylic acids is 1. The molecule has 1 aliphatic carbocycles. The number of aromatic amines is 1. The fourth-order valence-electron chi connectivity index (χ4n) is 4.05. The molecule has 2 heterocycles. The number of hydrogen-bond acceptors (Lipinski definition) is 4. The van der Waals surface area contributed by atoms with Crippen LogP contribution in [0.5, 0.6) is 0 Å². The van der Waals surface area contributed by atoms with Gasteiger partial charge >= 0.3 is 5.97 Å². The van der Waals surface area contributed by atoms with Crippen LogP contribution in [-0.4, -0.2) is 57.9 Å². The molecule has 1 atom stereocenters. The summed E-state index contributed by atoms with van der Waals surface area (Å²) in [6, 6.07) is 1.80. The first-order chi connectivity index (χ1) is 11.6. The number of aromatic nitrogens is 2. The van der Waals surface area contributed by atoms with Gasteiger partial charge in [0.05, 0.1) is 6.61 Å². The largest absolute Gasteiger partial charge is 0.479 e. The minimum Gasteiger partial charge on any atom is -0.479 e. The molecule has 0 spiro atoms. The molecule has 1 aliphatic heterocycles. The van der Waals surface area contributed by atoms with Crippen molar-refractivity contribution in [3.05, 3.63) is 17.5 Å². The topological polar surface area (TPSA) is 95.5 Å². The summed E-state index contributed by atoms with van der Waals surface area (Å²) >= 11 is 0. The van der Waals surface area contributed by atoms with Crippen molar-refractivity contribution in [2.45, 2.75) is 56.4 Å². The van der Waals surface area contributed by atoms with Gasteiger partial charge in [-0.25, -0.2) is 4.79 Å². The zero-order valence-corrected chi connectivity index (χ0v) is 14.1. The summed E-state index contributed by atoms with van der Waals surface area (Å²) in [7, 11) is 1.46. The number of methoxy groups -OCH3 is 1. The number of hydrogen-bond donors (Lipinski definition) is 2. The summed E-state index contributed by atoms with van der Waals surface area (Å²) in [5.74, 6) is -0.918. The smallest absolute Gasteiger partial charge is 0.332 e. The molecule has 24 heavy (non-hydrogen) atoms. The van der Waals surface area contributed by atoms with Gasteiger partial charge in [-0.05, 0) is 31.7 Å². The fraction of sp³-hybridized carbons (Fsp3) is 0.706. The molecule has 0 aromatic carbocycles. The van der Waals surface area contributed by atoms with E-state index >= 15 is 0 Å². The molecule has 1 saturated heterocycles. The fourth-order valence-corrected chi connectivity index (χ4v) is 4.05. The molecule has 1 aromatic heterocycles. The number of amides is 1. The van der Waals surface area contributed by atoms with Crippen LogP contribution in [0.4, 0.5) is 0 Å². The van der Waals surface area contributed by atoms with Crippen molar-refractivity contribution in [2.75, 3.05) is 20.3 Å². The van der Waals surface area contributed by atoms with E-state index in [1.165, 1.54) is 31.3 Å². The number of nitrogens with one attached hydrogen (secondary N) is 1. The van der Waals surface area contributed by atoms with Crippen molar-refractivity contribution >= 4 is 11.9 Å². The Hall–Kier alpha value is -1.89. The summed E-state index contributed by atoms with van der Waals surface area (Å²) in [5, 5.41) is 16.8. The highest BCUT2D eigenvalue weighted by atomic mass is 16.5. The van der Waals surface area contributed by atoms with E-state index in [1.54, 1.807) is 6.07 Å². The Morgan fingerprint density at radius 3 is 2.79 bits per heavy atom. The first kappa shape index (κ1) is 17.0. The lowest BCUT2D eigenvalue weighted by Crippen LogP contribution is -2.56. The van der Waals surface area contributed by atoms with Gasteiger partial charge in [-0.1, -0.05) is 19.3 Å². The van der Waals surface area contributed by atoms with Crippen molar-refractivity contribution in [3.8, 4) is 0 Å². The summed E-state index contributed by atoms with van der Waals surface area (Å²) in [6.07, 6.45) is 6.96. The lowest BCUT2D eigenvalue weighted by molar-refractivity contribution is -0.151. The highest BCUT2D eigenvalue weighted by Gasteiger charge is 2.50. The minimum absolute atomic E-state index is 0.00597. The Labute approximate surface area is 141 Å². The van der Waals surface area contributed by atoms with E-state index in [-0.39, 0.29) is 12.5 Å². The van der Waals surface area contributed by atoms with Crippen LogP contribution in [0.15, 0.2) is 6.07 Å². The second-order valence-corrected chi connectivity index (χ2v) is 6.87. The molecular weight excluding hydrogens is 310 g/mol. The third kappa shape index (κ3) is 2.92. The maximum absolute atomic E-state index is 12.9. The van der Waals surface area contributed by atoms with Gasteiger partial charge in [0, 0.05) is 25.3 Å². The molecule has 7 heteroatoms. The first-order valence-corrected chi connectivity index (χ1v) is 8.68. The van der Waals surface area contributed by atoms with Crippen LogP contribution in [0.1, 0.15) is 67.0 Å². The van der Waals surface area contributed by atoms with Crippen molar-refractivity contribution in [3.63, 3.8) is 0 Å². The predicted octanol–water partition coefficient (Wildman–Crippen LogP) is 2.16.